The van der Waals surface area contributed by atoms with Gasteiger partial charge in [-0.25, -0.2) is 0 Å². The molecule has 32 heavy (non-hydrogen) atoms. The van der Waals surface area contributed by atoms with E-state index in [4.69, 9.17) is 4.74 Å². The van der Waals surface area contributed by atoms with Crippen molar-refractivity contribution in [2.24, 2.45) is 0 Å². The third-order valence-corrected chi connectivity index (χ3v) is 5.85. The first-order valence-corrected chi connectivity index (χ1v) is 11.6. The third-order valence-electron chi connectivity index (χ3n) is 5.85. The number of carbonyl (C=O) groups is 1. The van der Waals surface area contributed by atoms with Crippen LogP contribution in [0.25, 0.3) is 0 Å². The average Bonchev–Trinajstić information content (AvgIpc) is 2.79. The summed E-state index contributed by atoms with van der Waals surface area (Å²) in [6.07, 6.45) is 5.74. The second kappa shape index (κ2) is 12.1. The van der Waals surface area contributed by atoms with E-state index >= 15 is 0 Å². The lowest BCUT2D eigenvalue weighted by Gasteiger charge is -2.09. The van der Waals surface area contributed by atoms with Gasteiger partial charge in [-0.3, -0.25) is 4.79 Å². The topological polar surface area (TPSA) is 38.3 Å². The fourth-order valence-corrected chi connectivity index (χ4v) is 3.61. The Morgan fingerprint density at radius 2 is 1.44 bits per heavy atom. The summed E-state index contributed by atoms with van der Waals surface area (Å²) in [6, 6.07) is 22.9. The molecule has 0 aromatic heterocycles. The van der Waals surface area contributed by atoms with Crippen molar-refractivity contribution in [2.45, 2.75) is 59.3 Å². The Balaban J connectivity index is 1.30. The molecule has 0 spiro atoms. The summed E-state index contributed by atoms with van der Waals surface area (Å²) in [5.41, 5.74) is 7.15. The molecule has 0 unspecified atom stereocenters. The van der Waals surface area contributed by atoms with Crippen molar-refractivity contribution >= 4 is 11.6 Å². The molecule has 3 aromatic rings. The van der Waals surface area contributed by atoms with Crippen LogP contribution in [0.2, 0.25) is 0 Å². The summed E-state index contributed by atoms with van der Waals surface area (Å²) in [4.78, 5) is 12.2. The van der Waals surface area contributed by atoms with Crippen molar-refractivity contribution < 1.29 is 9.53 Å². The zero-order valence-electron chi connectivity index (χ0n) is 19.6. The summed E-state index contributed by atoms with van der Waals surface area (Å²) in [5, 5.41) is 2.99. The van der Waals surface area contributed by atoms with Gasteiger partial charge < -0.3 is 10.1 Å². The van der Waals surface area contributed by atoms with Crippen molar-refractivity contribution in [2.75, 3.05) is 11.9 Å². The number of unbranched alkanes of at least 4 members (excludes halogenated alkanes) is 2. The summed E-state index contributed by atoms with van der Waals surface area (Å²) >= 11 is 0. The fraction of sp³-hybridized carbons (Fsp3) is 0.345. The second-order valence-electron chi connectivity index (χ2n) is 8.64. The van der Waals surface area contributed by atoms with Gasteiger partial charge in [0.05, 0.1) is 6.61 Å². The van der Waals surface area contributed by atoms with E-state index < -0.39 is 0 Å². The molecule has 0 radical (unpaired) electrons. The van der Waals surface area contributed by atoms with E-state index in [1.54, 1.807) is 0 Å². The van der Waals surface area contributed by atoms with Crippen molar-refractivity contribution in [3.05, 3.63) is 94.5 Å². The number of amides is 1. The third kappa shape index (κ3) is 7.88. The molecule has 3 heteroatoms. The van der Waals surface area contributed by atoms with Gasteiger partial charge in [0.2, 0.25) is 5.91 Å². The first-order valence-electron chi connectivity index (χ1n) is 11.6. The lowest BCUT2D eigenvalue weighted by Crippen LogP contribution is -2.12. The molecular weight excluding hydrogens is 394 g/mol. The van der Waals surface area contributed by atoms with E-state index in [2.05, 4.69) is 62.5 Å². The molecular formula is C29H35NO2. The predicted molar refractivity (Wildman–Crippen MR) is 134 cm³/mol. The number of ether oxygens (including phenoxy) is 1. The van der Waals surface area contributed by atoms with E-state index in [0.717, 1.165) is 42.9 Å². The molecule has 168 valence electrons. The Bertz CT molecular complexity index is 991. The quantitative estimate of drug-likeness (QED) is 0.334. The first kappa shape index (κ1) is 23.6. The van der Waals surface area contributed by atoms with Gasteiger partial charge in [-0.2, -0.15) is 0 Å². The van der Waals surface area contributed by atoms with Gasteiger partial charge in [0, 0.05) is 12.1 Å². The molecule has 1 amide bonds. The normalized spacial score (nSPS) is 10.7. The maximum Gasteiger partial charge on any atom is 0.224 e. The highest BCUT2D eigenvalue weighted by molar-refractivity contribution is 5.90. The largest absolute Gasteiger partial charge is 0.494 e. The molecule has 3 nitrogen and oxygen atoms in total. The number of hydrogen-bond donors (Lipinski definition) is 1. The Labute approximate surface area is 192 Å². The van der Waals surface area contributed by atoms with Gasteiger partial charge in [0.15, 0.2) is 0 Å². The molecule has 0 atom stereocenters. The number of carbonyl (C=O) groups excluding carboxylic acids is 1. The molecule has 3 rings (SSSR count). The van der Waals surface area contributed by atoms with E-state index in [9.17, 15) is 4.79 Å². The minimum Gasteiger partial charge on any atom is -0.494 e. The van der Waals surface area contributed by atoms with Gasteiger partial charge in [-0.1, -0.05) is 48.0 Å². The van der Waals surface area contributed by atoms with Crippen LogP contribution in [-0.4, -0.2) is 12.5 Å². The van der Waals surface area contributed by atoms with E-state index in [1.807, 2.05) is 30.3 Å². The summed E-state index contributed by atoms with van der Waals surface area (Å²) in [7, 11) is 0. The van der Waals surface area contributed by atoms with Gasteiger partial charge in [0.25, 0.3) is 0 Å². The minimum absolute atomic E-state index is 0.0409. The molecule has 1 N–H and O–H groups in total. The molecule has 0 aliphatic carbocycles. The molecule has 0 saturated heterocycles. The van der Waals surface area contributed by atoms with Gasteiger partial charge in [-0.15, -0.1) is 0 Å². The second-order valence-corrected chi connectivity index (χ2v) is 8.64. The maximum absolute atomic E-state index is 12.2. The van der Waals surface area contributed by atoms with Gasteiger partial charge in [-0.05, 0) is 99.4 Å². The molecule has 0 fully saturated rings. The maximum atomic E-state index is 12.2. The Morgan fingerprint density at radius 3 is 2.16 bits per heavy atom. The number of rotatable bonds is 11. The Hall–Kier alpha value is -3.07. The molecule has 3 aromatic carbocycles. The van der Waals surface area contributed by atoms with Crippen molar-refractivity contribution in [3.63, 3.8) is 0 Å². The SMILES string of the molecule is Cc1ccc(CCCCCOc2ccc(CCC(=O)Nc3ccc(C)c(C)c3)cc2)cc1. The van der Waals surface area contributed by atoms with Gasteiger partial charge in [0.1, 0.15) is 5.75 Å². The number of hydrogen-bond acceptors (Lipinski definition) is 2. The van der Waals surface area contributed by atoms with Crippen LogP contribution in [0.3, 0.4) is 0 Å². The van der Waals surface area contributed by atoms with Crippen molar-refractivity contribution in [1.29, 1.82) is 0 Å². The standard InChI is InChI=1S/C29H35NO2/c1-22-8-11-25(12-9-22)7-5-4-6-20-32-28-17-13-26(14-18-28)15-19-29(31)30-27-16-10-23(2)24(3)21-27/h8-14,16-18,21H,4-7,15,19-20H2,1-3H3,(H,30,31). The van der Waals surface area contributed by atoms with Crippen LogP contribution in [0.1, 0.15) is 53.5 Å². The highest BCUT2D eigenvalue weighted by Crippen LogP contribution is 2.17. The van der Waals surface area contributed by atoms with Crippen LogP contribution in [0.15, 0.2) is 66.7 Å². The molecule has 0 aliphatic heterocycles. The van der Waals surface area contributed by atoms with Crippen molar-refractivity contribution in [1.82, 2.24) is 0 Å². The molecule has 0 saturated carbocycles. The fourth-order valence-electron chi connectivity index (χ4n) is 3.61. The zero-order valence-corrected chi connectivity index (χ0v) is 19.6. The highest BCUT2D eigenvalue weighted by atomic mass is 16.5. The van der Waals surface area contributed by atoms with Crippen LogP contribution >= 0.6 is 0 Å². The van der Waals surface area contributed by atoms with E-state index in [0.29, 0.717) is 6.42 Å². The monoisotopic (exact) mass is 429 g/mol. The van der Waals surface area contributed by atoms with Crippen molar-refractivity contribution in [3.8, 4) is 5.75 Å². The van der Waals surface area contributed by atoms with E-state index in [-0.39, 0.29) is 5.91 Å². The Kier molecular flexibility index (Phi) is 8.91. The summed E-state index contributed by atoms with van der Waals surface area (Å²) in [6.45, 7) is 6.99. The molecule has 0 heterocycles. The highest BCUT2D eigenvalue weighted by Gasteiger charge is 2.05. The summed E-state index contributed by atoms with van der Waals surface area (Å²) < 4.78 is 5.88. The van der Waals surface area contributed by atoms with E-state index in [1.165, 1.54) is 35.1 Å². The smallest absolute Gasteiger partial charge is 0.224 e. The van der Waals surface area contributed by atoms with Crippen LogP contribution < -0.4 is 10.1 Å². The predicted octanol–water partition coefficient (Wildman–Crippen LogP) is 6.97. The number of anilines is 1. The molecule has 0 aliphatic rings. The zero-order chi connectivity index (χ0) is 22.8. The first-order chi connectivity index (χ1) is 15.5. The summed E-state index contributed by atoms with van der Waals surface area (Å²) in [5.74, 6) is 0.936. The average molecular weight is 430 g/mol. The van der Waals surface area contributed by atoms with Crippen LogP contribution in [0, 0.1) is 20.8 Å². The minimum atomic E-state index is 0.0409. The lowest BCUT2D eigenvalue weighted by atomic mass is 10.1. The Morgan fingerprint density at radius 1 is 0.750 bits per heavy atom. The number of aryl methyl sites for hydroxylation is 5. The molecule has 0 bridgehead atoms. The number of benzene rings is 3. The van der Waals surface area contributed by atoms with Crippen LogP contribution in [0.4, 0.5) is 5.69 Å². The number of nitrogens with one attached hydrogen (secondary N) is 1. The van der Waals surface area contributed by atoms with Gasteiger partial charge >= 0.3 is 0 Å². The lowest BCUT2D eigenvalue weighted by molar-refractivity contribution is -0.116. The van der Waals surface area contributed by atoms with Crippen LogP contribution in [0.5, 0.6) is 5.75 Å². The van der Waals surface area contributed by atoms with Crippen LogP contribution in [-0.2, 0) is 17.6 Å².